The normalized spacial score (nSPS) is 12.5. The van der Waals surface area contributed by atoms with Crippen LogP contribution in [0.5, 0.6) is 0 Å². The molecule has 0 heterocycles. The third-order valence-electron chi connectivity index (χ3n) is 4.04. The van der Waals surface area contributed by atoms with Gasteiger partial charge in [-0.25, -0.2) is 0 Å². The Hall–Kier alpha value is -0.980. The summed E-state index contributed by atoms with van der Waals surface area (Å²) < 4.78 is 0. The van der Waals surface area contributed by atoms with E-state index in [4.69, 9.17) is 23.2 Å². The van der Waals surface area contributed by atoms with Crippen LogP contribution in [0.4, 0.5) is 0 Å². The van der Waals surface area contributed by atoms with Crippen molar-refractivity contribution in [1.82, 2.24) is 0 Å². The number of aryl methyl sites for hydroxylation is 2. The summed E-state index contributed by atoms with van der Waals surface area (Å²) in [5.74, 6) is 0. The Labute approximate surface area is 131 Å². The molecule has 0 radical (unpaired) electrons. The summed E-state index contributed by atoms with van der Waals surface area (Å²) in [7, 11) is 0. The molecule has 1 unspecified atom stereocenters. The van der Waals surface area contributed by atoms with Crippen molar-refractivity contribution in [3.8, 4) is 0 Å². The van der Waals surface area contributed by atoms with Crippen molar-refractivity contribution >= 4 is 23.2 Å². The topological polar surface area (TPSA) is 0 Å². The molecule has 2 aromatic rings. The smallest absolute Gasteiger partial charge is 0.0630 e. The van der Waals surface area contributed by atoms with E-state index in [1.165, 1.54) is 33.4 Å². The highest BCUT2D eigenvalue weighted by Crippen LogP contribution is 2.33. The van der Waals surface area contributed by atoms with Crippen LogP contribution in [0.15, 0.2) is 30.3 Å². The van der Waals surface area contributed by atoms with Crippen LogP contribution in [0.2, 0.25) is 5.02 Å². The van der Waals surface area contributed by atoms with Gasteiger partial charge in [-0.05, 0) is 79.6 Å². The highest BCUT2D eigenvalue weighted by molar-refractivity contribution is 6.30. The molecule has 0 bridgehead atoms. The summed E-state index contributed by atoms with van der Waals surface area (Å²) >= 11 is 12.7. The van der Waals surface area contributed by atoms with Gasteiger partial charge in [-0.2, -0.15) is 0 Å². The summed E-state index contributed by atoms with van der Waals surface area (Å²) in [6.45, 7) is 8.61. The summed E-state index contributed by atoms with van der Waals surface area (Å²) in [5, 5.41) is 0.743. The van der Waals surface area contributed by atoms with Crippen LogP contribution in [-0.2, 0) is 6.42 Å². The first-order valence-corrected chi connectivity index (χ1v) is 7.67. The minimum Gasteiger partial charge on any atom is -0.117 e. The number of hydrogen-bond acceptors (Lipinski definition) is 0. The average molecular weight is 307 g/mol. The number of rotatable bonds is 3. The fraction of sp³-hybridized carbons (Fsp3) is 0.333. The molecule has 2 rings (SSSR count). The van der Waals surface area contributed by atoms with E-state index in [0.29, 0.717) is 0 Å². The molecular formula is C18H20Cl2. The Morgan fingerprint density at radius 3 is 2.10 bits per heavy atom. The van der Waals surface area contributed by atoms with Crippen LogP contribution < -0.4 is 0 Å². The van der Waals surface area contributed by atoms with Crippen LogP contribution >= 0.6 is 23.2 Å². The second kappa shape index (κ2) is 6.20. The second-order valence-corrected chi connectivity index (χ2v) is 6.44. The lowest BCUT2D eigenvalue weighted by Gasteiger charge is -2.20. The summed E-state index contributed by atoms with van der Waals surface area (Å²) in [6.07, 6.45) is 0.798. The summed E-state index contributed by atoms with van der Waals surface area (Å²) in [6, 6.07) is 10.2. The monoisotopic (exact) mass is 306 g/mol. The van der Waals surface area contributed by atoms with Crippen LogP contribution in [0, 0.1) is 27.7 Å². The van der Waals surface area contributed by atoms with Crippen molar-refractivity contribution in [2.75, 3.05) is 0 Å². The van der Waals surface area contributed by atoms with E-state index in [9.17, 15) is 0 Å². The third kappa shape index (κ3) is 3.19. The molecule has 0 aliphatic carbocycles. The minimum atomic E-state index is -0.0212. The minimum absolute atomic E-state index is 0.0212. The van der Waals surface area contributed by atoms with Gasteiger partial charge in [-0.3, -0.25) is 0 Å². The molecule has 0 aliphatic heterocycles. The first-order chi connectivity index (χ1) is 9.40. The van der Waals surface area contributed by atoms with Crippen molar-refractivity contribution in [3.05, 3.63) is 68.7 Å². The van der Waals surface area contributed by atoms with Crippen molar-refractivity contribution in [1.29, 1.82) is 0 Å². The molecule has 1 atom stereocenters. The standard InChI is InChI=1S/C18H20Cl2/c1-11-8-12(2)14(4)18(13(11)3)17(20)10-15-6-5-7-16(19)9-15/h5-9,17H,10H2,1-4H3. The highest BCUT2D eigenvalue weighted by Gasteiger charge is 2.17. The SMILES string of the molecule is Cc1cc(C)c(C)c(C(Cl)Cc2cccc(Cl)c2)c1C. The van der Waals surface area contributed by atoms with Gasteiger partial charge in [0.25, 0.3) is 0 Å². The molecule has 0 aliphatic rings. The van der Waals surface area contributed by atoms with E-state index in [0.717, 1.165) is 11.4 Å². The number of halogens is 2. The first kappa shape index (κ1) is 15.4. The maximum Gasteiger partial charge on any atom is 0.0630 e. The maximum atomic E-state index is 6.70. The molecule has 0 nitrogen and oxygen atoms in total. The van der Waals surface area contributed by atoms with E-state index < -0.39 is 0 Å². The summed E-state index contributed by atoms with van der Waals surface area (Å²) in [5.41, 5.74) is 7.66. The first-order valence-electron chi connectivity index (χ1n) is 6.86. The number of alkyl halides is 1. The van der Waals surface area contributed by atoms with Crippen LogP contribution in [0.3, 0.4) is 0 Å². The van der Waals surface area contributed by atoms with Gasteiger partial charge in [0.1, 0.15) is 0 Å². The fourth-order valence-electron chi connectivity index (χ4n) is 2.69. The van der Waals surface area contributed by atoms with Gasteiger partial charge >= 0.3 is 0 Å². The predicted molar refractivity (Wildman–Crippen MR) is 89.1 cm³/mol. The lowest BCUT2D eigenvalue weighted by Crippen LogP contribution is -2.04. The third-order valence-corrected chi connectivity index (χ3v) is 4.65. The Balaban J connectivity index is 2.37. The zero-order valence-corrected chi connectivity index (χ0v) is 13.9. The lowest BCUT2D eigenvalue weighted by atomic mass is 9.90. The molecule has 0 aromatic heterocycles. The lowest BCUT2D eigenvalue weighted by molar-refractivity contribution is 0.892. The molecule has 2 heteroatoms. The molecule has 0 saturated heterocycles. The Morgan fingerprint density at radius 2 is 1.55 bits per heavy atom. The van der Waals surface area contributed by atoms with Gasteiger partial charge < -0.3 is 0 Å². The van der Waals surface area contributed by atoms with Crippen LogP contribution in [0.1, 0.15) is 38.8 Å². The van der Waals surface area contributed by atoms with E-state index in [1.807, 2.05) is 18.2 Å². The largest absolute Gasteiger partial charge is 0.117 e. The quantitative estimate of drug-likeness (QED) is 0.601. The Bertz CT molecular complexity index is 603. The zero-order valence-electron chi connectivity index (χ0n) is 12.4. The molecule has 106 valence electrons. The molecule has 0 saturated carbocycles. The van der Waals surface area contributed by atoms with Crippen molar-refractivity contribution in [3.63, 3.8) is 0 Å². The second-order valence-electron chi connectivity index (χ2n) is 5.48. The fourth-order valence-corrected chi connectivity index (χ4v) is 3.41. The van der Waals surface area contributed by atoms with Crippen LogP contribution in [-0.4, -0.2) is 0 Å². The Kier molecular flexibility index (Phi) is 4.78. The molecular weight excluding hydrogens is 287 g/mol. The molecule has 0 spiro atoms. The molecule has 0 amide bonds. The predicted octanol–water partition coefficient (Wildman–Crippen LogP) is 6.10. The molecule has 2 aromatic carbocycles. The zero-order chi connectivity index (χ0) is 14.9. The van der Waals surface area contributed by atoms with Crippen LogP contribution in [0.25, 0.3) is 0 Å². The van der Waals surface area contributed by atoms with Gasteiger partial charge in [0.15, 0.2) is 0 Å². The summed E-state index contributed by atoms with van der Waals surface area (Å²) in [4.78, 5) is 0. The van der Waals surface area contributed by atoms with Gasteiger partial charge in [-0.15, -0.1) is 11.6 Å². The molecule has 0 N–H and O–H groups in total. The molecule has 20 heavy (non-hydrogen) atoms. The van der Waals surface area contributed by atoms with Crippen molar-refractivity contribution in [2.45, 2.75) is 39.5 Å². The van der Waals surface area contributed by atoms with Crippen molar-refractivity contribution < 1.29 is 0 Å². The van der Waals surface area contributed by atoms with E-state index in [-0.39, 0.29) is 5.38 Å². The number of hydrogen-bond donors (Lipinski definition) is 0. The van der Waals surface area contributed by atoms with Gasteiger partial charge in [-0.1, -0.05) is 29.8 Å². The van der Waals surface area contributed by atoms with E-state index in [1.54, 1.807) is 0 Å². The van der Waals surface area contributed by atoms with Crippen molar-refractivity contribution in [2.24, 2.45) is 0 Å². The number of benzene rings is 2. The highest BCUT2D eigenvalue weighted by atomic mass is 35.5. The maximum absolute atomic E-state index is 6.70. The van der Waals surface area contributed by atoms with Gasteiger partial charge in [0.2, 0.25) is 0 Å². The Morgan fingerprint density at radius 1 is 0.950 bits per heavy atom. The average Bonchev–Trinajstić information content (AvgIpc) is 2.36. The van der Waals surface area contributed by atoms with E-state index in [2.05, 4.69) is 39.8 Å². The van der Waals surface area contributed by atoms with E-state index >= 15 is 0 Å². The van der Waals surface area contributed by atoms with Gasteiger partial charge in [0, 0.05) is 5.02 Å². The molecule has 0 fully saturated rings. The van der Waals surface area contributed by atoms with Gasteiger partial charge in [0.05, 0.1) is 5.38 Å².